The van der Waals surface area contributed by atoms with Crippen LogP contribution in [0.25, 0.3) is 0 Å². The van der Waals surface area contributed by atoms with Crippen molar-refractivity contribution < 1.29 is 0 Å². The second kappa shape index (κ2) is 4.89. The SMILES string of the molecule is CCC(CC)c1nc(C)c(C(C)N)s1. The highest BCUT2D eigenvalue weighted by atomic mass is 32.1. The van der Waals surface area contributed by atoms with Crippen molar-refractivity contribution in [3.63, 3.8) is 0 Å². The van der Waals surface area contributed by atoms with Crippen molar-refractivity contribution in [3.05, 3.63) is 15.6 Å². The molecular weight excluding hydrogens is 192 g/mol. The molecule has 0 aromatic carbocycles. The van der Waals surface area contributed by atoms with E-state index in [1.54, 1.807) is 11.3 Å². The van der Waals surface area contributed by atoms with E-state index in [2.05, 4.69) is 25.8 Å². The molecule has 0 radical (unpaired) electrons. The molecule has 1 aromatic heterocycles. The van der Waals surface area contributed by atoms with Gasteiger partial charge >= 0.3 is 0 Å². The van der Waals surface area contributed by atoms with E-state index in [0.29, 0.717) is 5.92 Å². The fourth-order valence-corrected chi connectivity index (χ4v) is 2.95. The van der Waals surface area contributed by atoms with Crippen LogP contribution >= 0.6 is 11.3 Å². The van der Waals surface area contributed by atoms with Crippen LogP contribution in [0.4, 0.5) is 0 Å². The topological polar surface area (TPSA) is 38.9 Å². The minimum absolute atomic E-state index is 0.121. The zero-order valence-corrected chi connectivity index (χ0v) is 10.3. The average molecular weight is 212 g/mol. The van der Waals surface area contributed by atoms with Crippen LogP contribution in [0.1, 0.15) is 61.2 Å². The van der Waals surface area contributed by atoms with Gasteiger partial charge in [-0.15, -0.1) is 11.3 Å². The normalized spacial score (nSPS) is 13.6. The van der Waals surface area contributed by atoms with Crippen molar-refractivity contribution in [2.24, 2.45) is 5.73 Å². The monoisotopic (exact) mass is 212 g/mol. The van der Waals surface area contributed by atoms with E-state index in [9.17, 15) is 0 Å². The molecule has 14 heavy (non-hydrogen) atoms. The van der Waals surface area contributed by atoms with Gasteiger partial charge in [-0.25, -0.2) is 4.98 Å². The van der Waals surface area contributed by atoms with Crippen LogP contribution < -0.4 is 5.73 Å². The number of hydrogen-bond acceptors (Lipinski definition) is 3. The number of aryl methyl sites for hydroxylation is 1. The van der Waals surface area contributed by atoms with Crippen LogP contribution in [-0.2, 0) is 0 Å². The van der Waals surface area contributed by atoms with Gasteiger partial charge in [-0.05, 0) is 26.7 Å². The van der Waals surface area contributed by atoms with Gasteiger partial charge in [-0.1, -0.05) is 13.8 Å². The molecule has 1 rings (SSSR count). The van der Waals surface area contributed by atoms with E-state index in [1.165, 1.54) is 22.7 Å². The molecule has 3 heteroatoms. The van der Waals surface area contributed by atoms with Crippen LogP contribution in [0.3, 0.4) is 0 Å². The summed E-state index contributed by atoms with van der Waals surface area (Å²) in [5, 5.41) is 1.26. The van der Waals surface area contributed by atoms with Crippen LogP contribution in [0, 0.1) is 6.92 Å². The first-order valence-corrected chi connectivity index (χ1v) is 6.14. The maximum atomic E-state index is 5.88. The Hall–Kier alpha value is -0.410. The fourth-order valence-electron chi connectivity index (χ4n) is 1.66. The number of thiazole rings is 1. The number of rotatable bonds is 4. The lowest BCUT2D eigenvalue weighted by molar-refractivity contribution is 0.636. The van der Waals surface area contributed by atoms with Gasteiger partial charge in [0.05, 0.1) is 10.7 Å². The fraction of sp³-hybridized carbons (Fsp3) is 0.727. The lowest BCUT2D eigenvalue weighted by Crippen LogP contribution is -2.03. The maximum Gasteiger partial charge on any atom is 0.0962 e. The molecule has 80 valence electrons. The lowest BCUT2D eigenvalue weighted by Gasteiger charge is -2.07. The largest absolute Gasteiger partial charge is 0.323 e. The van der Waals surface area contributed by atoms with E-state index in [0.717, 1.165) is 5.69 Å². The third kappa shape index (κ3) is 2.34. The molecule has 2 nitrogen and oxygen atoms in total. The third-order valence-corrected chi connectivity index (χ3v) is 4.12. The standard InChI is InChI=1S/C11H20N2S/c1-5-9(6-2)11-13-8(4)10(14-11)7(3)12/h7,9H,5-6,12H2,1-4H3. The number of aromatic nitrogens is 1. The molecule has 0 spiro atoms. The molecule has 2 N–H and O–H groups in total. The highest BCUT2D eigenvalue weighted by Gasteiger charge is 2.16. The molecular formula is C11H20N2S. The van der Waals surface area contributed by atoms with Gasteiger partial charge < -0.3 is 5.73 Å². The van der Waals surface area contributed by atoms with E-state index < -0.39 is 0 Å². The minimum Gasteiger partial charge on any atom is -0.323 e. The Labute approximate surface area is 90.6 Å². The molecule has 1 heterocycles. The summed E-state index contributed by atoms with van der Waals surface area (Å²) in [5.41, 5.74) is 7.00. The van der Waals surface area contributed by atoms with Crippen LogP contribution in [0.5, 0.6) is 0 Å². The van der Waals surface area contributed by atoms with Crippen molar-refractivity contribution in [1.29, 1.82) is 0 Å². The van der Waals surface area contributed by atoms with Crippen LogP contribution in [-0.4, -0.2) is 4.98 Å². The Balaban J connectivity index is 2.95. The van der Waals surface area contributed by atoms with E-state index >= 15 is 0 Å². The third-order valence-electron chi connectivity index (χ3n) is 2.60. The number of nitrogens with two attached hydrogens (primary N) is 1. The summed E-state index contributed by atoms with van der Waals surface area (Å²) in [6.45, 7) is 8.52. The number of hydrogen-bond donors (Lipinski definition) is 1. The second-order valence-electron chi connectivity index (χ2n) is 3.80. The minimum atomic E-state index is 0.121. The van der Waals surface area contributed by atoms with Crippen LogP contribution in [0.15, 0.2) is 0 Å². The first-order chi connectivity index (χ1) is 6.60. The lowest BCUT2D eigenvalue weighted by atomic mass is 10.1. The summed E-state index contributed by atoms with van der Waals surface area (Å²) in [5.74, 6) is 0.617. The molecule has 0 saturated heterocycles. The summed E-state index contributed by atoms with van der Waals surface area (Å²) >= 11 is 1.79. The molecule has 1 atom stereocenters. The molecule has 0 amide bonds. The molecule has 0 bridgehead atoms. The first kappa shape index (κ1) is 11.7. The van der Waals surface area contributed by atoms with E-state index in [-0.39, 0.29) is 6.04 Å². The van der Waals surface area contributed by atoms with Gasteiger partial charge in [-0.3, -0.25) is 0 Å². The molecule has 0 saturated carbocycles. The smallest absolute Gasteiger partial charge is 0.0962 e. The quantitative estimate of drug-likeness (QED) is 0.831. The number of nitrogens with zero attached hydrogens (tertiary/aromatic N) is 1. The Morgan fingerprint density at radius 2 is 1.93 bits per heavy atom. The van der Waals surface area contributed by atoms with Gasteiger partial charge in [0, 0.05) is 16.8 Å². The Morgan fingerprint density at radius 3 is 2.29 bits per heavy atom. The van der Waals surface area contributed by atoms with Crippen LogP contribution in [0.2, 0.25) is 0 Å². The highest BCUT2D eigenvalue weighted by Crippen LogP contribution is 2.31. The zero-order valence-electron chi connectivity index (χ0n) is 9.50. The predicted molar refractivity (Wildman–Crippen MR) is 62.8 cm³/mol. The molecule has 0 aliphatic rings. The Morgan fingerprint density at radius 1 is 1.36 bits per heavy atom. The molecule has 1 aromatic rings. The Kier molecular flexibility index (Phi) is 4.08. The van der Waals surface area contributed by atoms with Crippen molar-refractivity contribution in [1.82, 2.24) is 4.98 Å². The second-order valence-corrected chi connectivity index (χ2v) is 4.87. The zero-order chi connectivity index (χ0) is 10.7. The predicted octanol–water partition coefficient (Wildman–Crippen LogP) is 3.37. The summed E-state index contributed by atoms with van der Waals surface area (Å²) in [6, 6.07) is 0.121. The summed E-state index contributed by atoms with van der Waals surface area (Å²) in [7, 11) is 0. The molecule has 1 unspecified atom stereocenters. The first-order valence-electron chi connectivity index (χ1n) is 5.32. The van der Waals surface area contributed by atoms with Crippen molar-refractivity contribution >= 4 is 11.3 Å². The molecule has 0 aliphatic heterocycles. The van der Waals surface area contributed by atoms with Gasteiger partial charge in [-0.2, -0.15) is 0 Å². The van der Waals surface area contributed by atoms with Crippen molar-refractivity contribution in [3.8, 4) is 0 Å². The molecule has 0 fully saturated rings. The van der Waals surface area contributed by atoms with Gasteiger partial charge in [0.1, 0.15) is 0 Å². The van der Waals surface area contributed by atoms with Gasteiger partial charge in [0.2, 0.25) is 0 Å². The van der Waals surface area contributed by atoms with Gasteiger partial charge in [0.25, 0.3) is 0 Å². The summed E-state index contributed by atoms with van der Waals surface area (Å²) < 4.78 is 0. The van der Waals surface area contributed by atoms with Crippen molar-refractivity contribution in [2.45, 2.75) is 52.5 Å². The highest BCUT2D eigenvalue weighted by molar-refractivity contribution is 7.11. The van der Waals surface area contributed by atoms with E-state index in [1.807, 2.05) is 6.92 Å². The molecule has 0 aliphatic carbocycles. The van der Waals surface area contributed by atoms with Crippen molar-refractivity contribution in [2.75, 3.05) is 0 Å². The van der Waals surface area contributed by atoms with E-state index in [4.69, 9.17) is 5.73 Å². The Bertz CT molecular complexity index is 287. The van der Waals surface area contributed by atoms with Gasteiger partial charge in [0.15, 0.2) is 0 Å². The summed E-state index contributed by atoms with van der Waals surface area (Å²) in [4.78, 5) is 5.85. The average Bonchev–Trinajstić information content (AvgIpc) is 2.50. The maximum absolute atomic E-state index is 5.88. The summed E-state index contributed by atoms with van der Waals surface area (Å²) in [6.07, 6.45) is 2.34.